The van der Waals surface area contributed by atoms with Crippen molar-refractivity contribution < 1.29 is 9.53 Å². The lowest BCUT2D eigenvalue weighted by Gasteiger charge is -2.10. The Kier molecular flexibility index (Phi) is 5.68. The van der Waals surface area contributed by atoms with Gasteiger partial charge in [0.1, 0.15) is 5.69 Å². The minimum absolute atomic E-state index is 0.325. The van der Waals surface area contributed by atoms with E-state index in [1.807, 2.05) is 72.8 Å². The predicted octanol–water partition coefficient (Wildman–Crippen LogP) is 4.37. The molecule has 0 N–H and O–H groups in total. The van der Waals surface area contributed by atoms with Gasteiger partial charge in [-0.3, -0.25) is 0 Å². The van der Waals surface area contributed by atoms with Crippen LogP contribution in [0.1, 0.15) is 27.5 Å². The molecule has 0 aliphatic heterocycles. The Hall–Kier alpha value is -4.17. The van der Waals surface area contributed by atoms with E-state index < -0.39 is 0 Å². The van der Waals surface area contributed by atoms with E-state index in [2.05, 4.69) is 22.0 Å². The van der Waals surface area contributed by atoms with Crippen molar-refractivity contribution in [3.8, 4) is 23.1 Å². The maximum absolute atomic E-state index is 11.6. The molecule has 0 saturated heterocycles. The summed E-state index contributed by atoms with van der Waals surface area (Å²) in [7, 11) is 1.36. The van der Waals surface area contributed by atoms with Crippen LogP contribution in [0, 0.1) is 11.8 Å². The van der Waals surface area contributed by atoms with Gasteiger partial charge in [-0.05, 0) is 29.8 Å². The lowest BCUT2D eigenvalue weighted by molar-refractivity contribution is 0.0601. The molecule has 0 aliphatic carbocycles. The highest BCUT2D eigenvalue weighted by atomic mass is 16.5. The Morgan fingerprint density at radius 3 is 2.27 bits per heavy atom. The van der Waals surface area contributed by atoms with E-state index in [0.29, 0.717) is 11.3 Å². The highest BCUT2D eigenvalue weighted by molar-refractivity contribution is 5.89. The normalized spacial score (nSPS) is 11.2. The molecule has 0 aliphatic rings. The van der Waals surface area contributed by atoms with Crippen molar-refractivity contribution in [1.82, 2.24) is 15.0 Å². The molecule has 5 heteroatoms. The van der Waals surface area contributed by atoms with Crippen LogP contribution in [0.3, 0.4) is 0 Å². The Morgan fingerprint density at radius 2 is 1.60 bits per heavy atom. The monoisotopic (exact) mass is 393 g/mol. The highest BCUT2D eigenvalue weighted by Crippen LogP contribution is 2.21. The molecular formula is C25H19N3O2. The SMILES string of the molecule is COC(=O)c1ccc(-c2cnn(C(C#Cc3ccccc3)c3ccccc3)n2)cc1. The number of carbonyl (C=O) groups excluding carboxylic acids is 1. The summed E-state index contributed by atoms with van der Waals surface area (Å²) >= 11 is 0. The molecule has 0 spiro atoms. The number of aromatic nitrogens is 3. The zero-order valence-corrected chi connectivity index (χ0v) is 16.4. The summed E-state index contributed by atoms with van der Waals surface area (Å²) in [6.45, 7) is 0. The van der Waals surface area contributed by atoms with Gasteiger partial charge in [0, 0.05) is 11.1 Å². The quantitative estimate of drug-likeness (QED) is 0.382. The molecule has 5 nitrogen and oxygen atoms in total. The van der Waals surface area contributed by atoms with Gasteiger partial charge in [0.15, 0.2) is 6.04 Å². The van der Waals surface area contributed by atoms with Crippen molar-refractivity contribution in [2.75, 3.05) is 7.11 Å². The standard InChI is InChI=1S/C25H19N3O2/c1-30-25(29)22-15-13-20(14-16-22)23-18-26-28(27-23)24(21-10-6-3-7-11-21)17-12-19-8-4-2-5-9-19/h2-11,13-16,18,24H,1H3. The first-order chi connectivity index (χ1) is 14.7. The van der Waals surface area contributed by atoms with Crippen LogP contribution in [0.25, 0.3) is 11.3 Å². The van der Waals surface area contributed by atoms with Crippen LogP contribution < -0.4 is 0 Å². The Morgan fingerprint density at radius 1 is 0.933 bits per heavy atom. The second kappa shape index (κ2) is 8.89. The average molecular weight is 393 g/mol. The number of hydrogen-bond acceptors (Lipinski definition) is 4. The molecule has 30 heavy (non-hydrogen) atoms. The topological polar surface area (TPSA) is 57.0 Å². The molecule has 0 fully saturated rings. The van der Waals surface area contributed by atoms with Crippen LogP contribution >= 0.6 is 0 Å². The van der Waals surface area contributed by atoms with Gasteiger partial charge in [-0.1, -0.05) is 72.5 Å². The third kappa shape index (κ3) is 4.29. The molecule has 0 amide bonds. The minimum Gasteiger partial charge on any atom is -0.465 e. The maximum atomic E-state index is 11.6. The Labute approximate surface area is 174 Å². The van der Waals surface area contributed by atoms with E-state index >= 15 is 0 Å². The van der Waals surface area contributed by atoms with Gasteiger partial charge in [0.2, 0.25) is 0 Å². The fourth-order valence-corrected chi connectivity index (χ4v) is 3.01. The van der Waals surface area contributed by atoms with Crippen LogP contribution in [-0.4, -0.2) is 28.1 Å². The van der Waals surface area contributed by atoms with Gasteiger partial charge < -0.3 is 4.74 Å². The highest BCUT2D eigenvalue weighted by Gasteiger charge is 2.15. The summed E-state index contributed by atoms with van der Waals surface area (Å²) < 4.78 is 4.74. The lowest BCUT2D eigenvalue weighted by atomic mass is 10.1. The Balaban J connectivity index is 1.66. The number of methoxy groups -OCH3 is 1. The van der Waals surface area contributed by atoms with Gasteiger partial charge >= 0.3 is 5.97 Å². The van der Waals surface area contributed by atoms with Crippen molar-refractivity contribution in [3.05, 3.63) is 108 Å². The third-order valence-corrected chi connectivity index (χ3v) is 4.58. The number of ether oxygens (including phenoxy) is 1. The number of benzene rings is 3. The van der Waals surface area contributed by atoms with Crippen molar-refractivity contribution in [1.29, 1.82) is 0 Å². The fraction of sp³-hybridized carbons (Fsp3) is 0.0800. The van der Waals surface area contributed by atoms with Gasteiger partial charge in [-0.15, -0.1) is 0 Å². The minimum atomic E-state index is -0.370. The molecule has 1 unspecified atom stereocenters. The summed E-state index contributed by atoms with van der Waals surface area (Å²) in [5, 5.41) is 9.12. The van der Waals surface area contributed by atoms with Crippen LogP contribution in [-0.2, 0) is 4.74 Å². The summed E-state index contributed by atoms with van der Waals surface area (Å²) in [5.41, 5.74) is 3.99. The first-order valence-electron chi connectivity index (χ1n) is 9.47. The second-order valence-corrected chi connectivity index (χ2v) is 6.57. The lowest BCUT2D eigenvalue weighted by Crippen LogP contribution is -2.12. The molecule has 3 aromatic carbocycles. The van der Waals surface area contributed by atoms with Crippen molar-refractivity contribution in [3.63, 3.8) is 0 Å². The van der Waals surface area contributed by atoms with E-state index in [9.17, 15) is 4.79 Å². The zero-order chi connectivity index (χ0) is 20.8. The van der Waals surface area contributed by atoms with Gasteiger partial charge in [-0.2, -0.15) is 15.0 Å². The van der Waals surface area contributed by atoms with Crippen LogP contribution in [0.4, 0.5) is 0 Å². The summed E-state index contributed by atoms with van der Waals surface area (Å²) in [5.74, 6) is 6.14. The molecule has 4 aromatic rings. The number of rotatable bonds is 4. The smallest absolute Gasteiger partial charge is 0.337 e. The van der Waals surface area contributed by atoms with E-state index in [-0.39, 0.29) is 12.0 Å². The number of esters is 1. The molecule has 0 saturated carbocycles. The molecule has 4 rings (SSSR count). The van der Waals surface area contributed by atoms with Crippen LogP contribution in [0.15, 0.2) is 91.1 Å². The predicted molar refractivity (Wildman–Crippen MR) is 115 cm³/mol. The van der Waals surface area contributed by atoms with Crippen molar-refractivity contribution >= 4 is 5.97 Å². The van der Waals surface area contributed by atoms with Crippen molar-refractivity contribution in [2.24, 2.45) is 0 Å². The number of hydrogen-bond donors (Lipinski definition) is 0. The van der Waals surface area contributed by atoms with Crippen LogP contribution in [0.5, 0.6) is 0 Å². The van der Waals surface area contributed by atoms with E-state index in [4.69, 9.17) is 4.74 Å². The molecule has 146 valence electrons. The molecule has 0 bridgehead atoms. The number of carbonyl (C=O) groups is 1. The van der Waals surface area contributed by atoms with Gasteiger partial charge in [0.05, 0.1) is 18.9 Å². The first-order valence-corrected chi connectivity index (χ1v) is 9.47. The van der Waals surface area contributed by atoms with Crippen LogP contribution in [0.2, 0.25) is 0 Å². The largest absolute Gasteiger partial charge is 0.465 e. The van der Waals surface area contributed by atoms with Crippen molar-refractivity contribution in [2.45, 2.75) is 6.04 Å². The summed E-state index contributed by atoms with van der Waals surface area (Å²) in [4.78, 5) is 13.3. The Bertz CT molecular complexity index is 1190. The average Bonchev–Trinajstić information content (AvgIpc) is 3.30. The van der Waals surface area contributed by atoms with E-state index in [0.717, 1.165) is 16.7 Å². The number of nitrogens with zero attached hydrogens (tertiary/aromatic N) is 3. The molecule has 1 heterocycles. The summed E-state index contributed by atoms with van der Waals surface area (Å²) in [6, 6.07) is 26.5. The zero-order valence-electron chi connectivity index (χ0n) is 16.4. The molecule has 0 radical (unpaired) electrons. The molecular weight excluding hydrogens is 374 g/mol. The first kappa shape index (κ1) is 19.2. The third-order valence-electron chi connectivity index (χ3n) is 4.58. The summed E-state index contributed by atoms with van der Waals surface area (Å²) in [6.07, 6.45) is 1.70. The van der Waals surface area contributed by atoms with Gasteiger partial charge in [-0.25, -0.2) is 4.79 Å². The molecule has 1 aromatic heterocycles. The molecule has 1 atom stereocenters. The van der Waals surface area contributed by atoms with E-state index in [1.165, 1.54) is 7.11 Å². The second-order valence-electron chi connectivity index (χ2n) is 6.57. The maximum Gasteiger partial charge on any atom is 0.337 e. The fourth-order valence-electron chi connectivity index (χ4n) is 3.01. The van der Waals surface area contributed by atoms with E-state index in [1.54, 1.807) is 23.1 Å². The van der Waals surface area contributed by atoms with Gasteiger partial charge in [0.25, 0.3) is 0 Å².